The molecule has 50 heavy (non-hydrogen) atoms. The quantitative estimate of drug-likeness (QED) is 0.0786. The molecule has 5 aromatic rings. The van der Waals surface area contributed by atoms with Gasteiger partial charge in [0.25, 0.3) is 0 Å². The predicted octanol–water partition coefficient (Wildman–Crippen LogP) is 7.50. The fourth-order valence-electron chi connectivity index (χ4n) is 5.26. The summed E-state index contributed by atoms with van der Waals surface area (Å²) in [7, 11) is 0. The summed E-state index contributed by atoms with van der Waals surface area (Å²) < 4.78 is 46.8. The van der Waals surface area contributed by atoms with Crippen molar-refractivity contribution >= 4 is 0 Å². The minimum atomic E-state index is -0.224. The highest BCUT2D eigenvalue weighted by molar-refractivity contribution is 5.73. The standard InChI is InChI=1S/C42H42O8/c1-3-10-35(11-4-1)43-23-39(47-27-41-29-49-41)25-45-37-18-14-31(15-19-37)33-8-7-9-34(22-33)32-16-20-38(21-17-32)46-26-40(48-28-42-30-50-42)24-44-36-12-5-2-6-13-36/h1-22,39-42H,23-30H2. The first kappa shape index (κ1) is 33.6. The van der Waals surface area contributed by atoms with E-state index in [4.69, 9.17) is 37.9 Å². The molecular formula is C42H42O8. The lowest BCUT2D eigenvalue weighted by molar-refractivity contribution is -0.0131. The average molecular weight is 675 g/mol. The molecule has 0 saturated carbocycles. The number of benzene rings is 5. The third-order valence-corrected chi connectivity index (χ3v) is 8.31. The Kier molecular flexibility index (Phi) is 11.6. The summed E-state index contributed by atoms with van der Waals surface area (Å²) in [6.07, 6.45) is -0.101. The average Bonchev–Trinajstić information content (AvgIpc) is 4.12. The van der Waals surface area contributed by atoms with E-state index in [1.54, 1.807) is 0 Å². The molecule has 5 aromatic carbocycles. The van der Waals surface area contributed by atoms with Crippen LogP contribution in [-0.2, 0) is 18.9 Å². The van der Waals surface area contributed by atoms with Crippen molar-refractivity contribution in [3.8, 4) is 45.3 Å². The van der Waals surface area contributed by atoms with Gasteiger partial charge in [0.05, 0.1) is 26.4 Å². The van der Waals surface area contributed by atoms with E-state index in [1.165, 1.54) is 0 Å². The van der Waals surface area contributed by atoms with Crippen molar-refractivity contribution in [1.29, 1.82) is 0 Å². The summed E-state index contributed by atoms with van der Waals surface area (Å²) in [6.45, 7) is 4.09. The second kappa shape index (κ2) is 17.2. The molecule has 7 rings (SSSR count). The topological polar surface area (TPSA) is 80.4 Å². The zero-order chi connectivity index (χ0) is 33.8. The fraction of sp³-hybridized carbons (Fsp3) is 0.286. The van der Waals surface area contributed by atoms with Crippen LogP contribution in [0.4, 0.5) is 0 Å². The molecule has 0 spiro atoms. The lowest BCUT2D eigenvalue weighted by Gasteiger charge is -2.19. The van der Waals surface area contributed by atoms with E-state index in [-0.39, 0.29) is 24.4 Å². The molecule has 4 unspecified atom stereocenters. The summed E-state index contributed by atoms with van der Waals surface area (Å²) in [6, 6.07) is 44.3. The number of hydrogen-bond donors (Lipinski definition) is 0. The number of para-hydroxylation sites is 2. The molecule has 8 nitrogen and oxygen atoms in total. The summed E-state index contributed by atoms with van der Waals surface area (Å²) in [4.78, 5) is 0. The Morgan fingerprint density at radius 2 is 0.780 bits per heavy atom. The van der Waals surface area contributed by atoms with E-state index < -0.39 is 0 Å². The van der Waals surface area contributed by atoms with E-state index in [0.717, 1.165) is 58.5 Å². The van der Waals surface area contributed by atoms with Gasteiger partial charge in [0.1, 0.15) is 73.8 Å². The van der Waals surface area contributed by atoms with Gasteiger partial charge < -0.3 is 37.9 Å². The molecule has 0 bridgehead atoms. The van der Waals surface area contributed by atoms with Crippen LogP contribution in [0.5, 0.6) is 23.0 Å². The SMILES string of the molecule is c1ccc(OCC(COc2ccc(-c3cccc(-c4ccc(OCC(COc5ccccc5)OCC5CO5)cc4)c3)cc2)OCC2CO2)cc1. The van der Waals surface area contributed by atoms with Gasteiger partial charge in [-0.2, -0.15) is 0 Å². The predicted molar refractivity (Wildman–Crippen MR) is 191 cm³/mol. The Morgan fingerprint density at radius 1 is 0.420 bits per heavy atom. The van der Waals surface area contributed by atoms with Crippen LogP contribution in [0.3, 0.4) is 0 Å². The lowest BCUT2D eigenvalue weighted by atomic mass is 9.99. The fourth-order valence-corrected chi connectivity index (χ4v) is 5.26. The second-order valence-corrected chi connectivity index (χ2v) is 12.3. The Bertz CT molecular complexity index is 1600. The van der Waals surface area contributed by atoms with E-state index in [2.05, 4.69) is 48.5 Å². The molecule has 8 heteroatoms. The lowest BCUT2D eigenvalue weighted by Crippen LogP contribution is -2.30. The van der Waals surface area contributed by atoms with Crippen molar-refractivity contribution in [3.05, 3.63) is 133 Å². The zero-order valence-corrected chi connectivity index (χ0v) is 27.9. The van der Waals surface area contributed by atoms with Gasteiger partial charge in [-0.05, 0) is 76.9 Å². The molecule has 0 N–H and O–H groups in total. The highest BCUT2D eigenvalue weighted by Gasteiger charge is 2.26. The molecule has 258 valence electrons. The van der Waals surface area contributed by atoms with Crippen molar-refractivity contribution in [2.24, 2.45) is 0 Å². The van der Waals surface area contributed by atoms with E-state index >= 15 is 0 Å². The molecule has 4 atom stereocenters. The Morgan fingerprint density at radius 3 is 1.14 bits per heavy atom. The van der Waals surface area contributed by atoms with Gasteiger partial charge >= 0.3 is 0 Å². The number of ether oxygens (including phenoxy) is 8. The number of epoxide rings is 2. The van der Waals surface area contributed by atoms with Gasteiger partial charge in [-0.15, -0.1) is 0 Å². The molecule has 2 aliphatic rings. The van der Waals surface area contributed by atoms with Crippen LogP contribution in [0.2, 0.25) is 0 Å². The van der Waals surface area contributed by atoms with Gasteiger partial charge in [0, 0.05) is 0 Å². The minimum Gasteiger partial charge on any atom is -0.491 e. The van der Waals surface area contributed by atoms with Crippen molar-refractivity contribution < 1.29 is 37.9 Å². The molecule has 2 aliphatic heterocycles. The van der Waals surface area contributed by atoms with Crippen molar-refractivity contribution in [3.63, 3.8) is 0 Å². The van der Waals surface area contributed by atoms with Gasteiger partial charge in [0.2, 0.25) is 0 Å². The molecule has 0 aromatic heterocycles. The molecule has 2 saturated heterocycles. The largest absolute Gasteiger partial charge is 0.491 e. The maximum Gasteiger partial charge on any atom is 0.125 e. The van der Waals surface area contributed by atoms with Crippen LogP contribution in [0.25, 0.3) is 22.3 Å². The minimum absolute atomic E-state index is 0.173. The first-order valence-corrected chi connectivity index (χ1v) is 17.1. The molecule has 2 fully saturated rings. The first-order valence-electron chi connectivity index (χ1n) is 17.1. The van der Waals surface area contributed by atoms with Crippen molar-refractivity contribution in [1.82, 2.24) is 0 Å². The zero-order valence-electron chi connectivity index (χ0n) is 27.9. The smallest absolute Gasteiger partial charge is 0.125 e. The van der Waals surface area contributed by atoms with E-state index in [9.17, 15) is 0 Å². The summed E-state index contributed by atoms with van der Waals surface area (Å²) in [5, 5.41) is 0. The molecule has 0 amide bonds. The summed E-state index contributed by atoms with van der Waals surface area (Å²) >= 11 is 0. The van der Waals surface area contributed by atoms with Crippen LogP contribution in [0, 0.1) is 0 Å². The van der Waals surface area contributed by atoms with Crippen LogP contribution in [0.15, 0.2) is 133 Å². The highest BCUT2D eigenvalue weighted by atomic mass is 16.6. The molecule has 2 heterocycles. The molecule has 0 aliphatic carbocycles. The Labute approximate surface area is 293 Å². The molecular weight excluding hydrogens is 632 g/mol. The van der Waals surface area contributed by atoms with Crippen LogP contribution < -0.4 is 18.9 Å². The van der Waals surface area contributed by atoms with Crippen LogP contribution in [-0.4, -0.2) is 77.3 Å². The molecule has 0 radical (unpaired) electrons. The van der Waals surface area contributed by atoms with Crippen LogP contribution in [0.1, 0.15) is 0 Å². The first-order chi connectivity index (χ1) is 24.7. The Hall–Kier alpha value is -4.86. The maximum absolute atomic E-state index is 6.12. The normalized spacial score (nSPS) is 17.4. The third-order valence-electron chi connectivity index (χ3n) is 8.31. The monoisotopic (exact) mass is 674 g/mol. The maximum atomic E-state index is 6.12. The summed E-state index contributed by atoms with van der Waals surface area (Å²) in [5.41, 5.74) is 4.44. The van der Waals surface area contributed by atoms with E-state index in [1.807, 2.05) is 84.9 Å². The summed E-state index contributed by atoms with van der Waals surface area (Å²) in [5.74, 6) is 3.16. The second-order valence-electron chi connectivity index (χ2n) is 12.3. The van der Waals surface area contributed by atoms with E-state index in [0.29, 0.717) is 39.6 Å². The highest BCUT2D eigenvalue weighted by Crippen LogP contribution is 2.29. The van der Waals surface area contributed by atoms with Gasteiger partial charge in [0.15, 0.2) is 0 Å². The van der Waals surface area contributed by atoms with Crippen molar-refractivity contribution in [2.75, 3.05) is 52.9 Å². The number of hydrogen-bond acceptors (Lipinski definition) is 8. The third kappa shape index (κ3) is 10.6. The Balaban J connectivity index is 0.917. The van der Waals surface area contributed by atoms with Crippen molar-refractivity contribution in [2.45, 2.75) is 24.4 Å². The van der Waals surface area contributed by atoms with Gasteiger partial charge in [-0.1, -0.05) is 78.9 Å². The van der Waals surface area contributed by atoms with Crippen LogP contribution >= 0.6 is 0 Å². The number of rotatable bonds is 20. The van der Waals surface area contributed by atoms with Gasteiger partial charge in [-0.25, -0.2) is 0 Å². The van der Waals surface area contributed by atoms with Gasteiger partial charge in [-0.3, -0.25) is 0 Å².